The molecule has 126 valence electrons. The highest BCUT2D eigenvalue weighted by Crippen LogP contribution is 2.42. The predicted molar refractivity (Wildman–Crippen MR) is 115 cm³/mol. The van der Waals surface area contributed by atoms with Crippen LogP contribution in [-0.2, 0) is 9.93 Å². The van der Waals surface area contributed by atoms with Crippen LogP contribution in [0, 0.1) is 0 Å². The first-order valence-corrected chi connectivity index (χ1v) is 11.1. The SMILES string of the molecule is c1ccc(S[S+](c2ccccc2)c2ccccc2-c2ccccc2)cc1. The van der Waals surface area contributed by atoms with Crippen LogP contribution in [0.4, 0.5) is 0 Å². The summed E-state index contributed by atoms with van der Waals surface area (Å²) in [6, 6.07) is 41.0. The van der Waals surface area contributed by atoms with Crippen molar-refractivity contribution < 1.29 is 0 Å². The Morgan fingerprint density at radius 1 is 0.500 bits per heavy atom. The average molecular weight is 372 g/mol. The summed E-state index contributed by atoms with van der Waals surface area (Å²) >= 11 is 0. The fourth-order valence-electron chi connectivity index (χ4n) is 2.82. The minimum absolute atomic E-state index is 0.0976. The van der Waals surface area contributed by atoms with Crippen LogP contribution >= 0.6 is 10.8 Å². The van der Waals surface area contributed by atoms with Crippen LogP contribution < -0.4 is 0 Å². The minimum atomic E-state index is -0.0976. The van der Waals surface area contributed by atoms with E-state index in [-0.39, 0.29) is 9.93 Å². The fraction of sp³-hybridized carbons (Fsp3) is 0. The molecule has 0 spiro atoms. The van der Waals surface area contributed by atoms with Crippen LogP contribution in [0.1, 0.15) is 0 Å². The maximum absolute atomic E-state index is 2.27. The molecule has 0 aliphatic carbocycles. The molecule has 0 fully saturated rings. The largest absolute Gasteiger partial charge is 0.182 e. The van der Waals surface area contributed by atoms with Gasteiger partial charge in [0.15, 0.2) is 9.79 Å². The lowest BCUT2D eigenvalue weighted by Crippen LogP contribution is -2.01. The van der Waals surface area contributed by atoms with Crippen LogP contribution in [0.25, 0.3) is 11.1 Å². The zero-order chi connectivity index (χ0) is 17.6. The molecular formula is C24H19S2+. The van der Waals surface area contributed by atoms with Crippen molar-refractivity contribution >= 4 is 20.7 Å². The molecule has 0 radical (unpaired) electrons. The Balaban J connectivity index is 1.82. The van der Waals surface area contributed by atoms with Crippen molar-refractivity contribution in [2.24, 2.45) is 0 Å². The molecule has 0 amide bonds. The van der Waals surface area contributed by atoms with E-state index >= 15 is 0 Å². The van der Waals surface area contributed by atoms with Crippen molar-refractivity contribution in [2.45, 2.75) is 14.7 Å². The van der Waals surface area contributed by atoms with E-state index in [0.717, 1.165) is 0 Å². The average Bonchev–Trinajstić information content (AvgIpc) is 2.74. The second kappa shape index (κ2) is 8.31. The quantitative estimate of drug-likeness (QED) is 0.266. The molecule has 0 bridgehead atoms. The second-order valence-corrected chi connectivity index (χ2v) is 9.43. The van der Waals surface area contributed by atoms with Gasteiger partial charge < -0.3 is 0 Å². The van der Waals surface area contributed by atoms with Gasteiger partial charge in [0.25, 0.3) is 0 Å². The van der Waals surface area contributed by atoms with Crippen molar-refractivity contribution in [3.63, 3.8) is 0 Å². The fourth-order valence-corrected chi connectivity index (χ4v) is 6.95. The number of benzene rings is 4. The summed E-state index contributed by atoms with van der Waals surface area (Å²) in [7, 11) is 1.83. The molecule has 0 saturated heterocycles. The molecule has 0 aliphatic rings. The first-order valence-electron chi connectivity index (χ1n) is 8.59. The molecule has 0 nitrogen and oxygen atoms in total. The van der Waals surface area contributed by atoms with Crippen LogP contribution in [0.15, 0.2) is 130 Å². The molecule has 1 atom stereocenters. The van der Waals surface area contributed by atoms with Gasteiger partial charge in [0.1, 0.15) is 20.7 Å². The van der Waals surface area contributed by atoms with Gasteiger partial charge in [-0.15, -0.1) is 0 Å². The molecule has 0 heterocycles. The lowest BCUT2D eigenvalue weighted by Gasteiger charge is -2.11. The van der Waals surface area contributed by atoms with E-state index in [4.69, 9.17) is 0 Å². The zero-order valence-corrected chi connectivity index (χ0v) is 15.9. The molecular weight excluding hydrogens is 352 g/mol. The highest BCUT2D eigenvalue weighted by Gasteiger charge is 2.31. The van der Waals surface area contributed by atoms with Crippen LogP contribution in [0.5, 0.6) is 0 Å². The molecule has 0 aliphatic heterocycles. The smallest absolute Gasteiger partial charge is 0.0622 e. The highest BCUT2D eigenvalue weighted by molar-refractivity contribution is 8.74. The van der Waals surface area contributed by atoms with E-state index in [1.54, 1.807) is 0 Å². The number of hydrogen-bond donors (Lipinski definition) is 0. The van der Waals surface area contributed by atoms with Crippen LogP contribution in [0.2, 0.25) is 0 Å². The Hall–Kier alpha value is -2.42. The first-order chi connectivity index (χ1) is 12.9. The van der Waals surface area contributed by atoms with Crippen molar-refractivity contribution in [3.8, 4) is 11.1 Å². The summed E-state index contributed by atoms with van der Waals surface area (Å²) in [5.41, 5.74) is 2.58. The molecule has 26 heavy (non-hydrogen) atoms. The monoisotopic (exact) mass is 371 g/mol. The van der Waals surface area contributed by atoms with Crippen molar-refractivity contribution in [3.05, 3.63) is 115 Å². The van der Waals surface area contributed by atoms with E-state index in [0.29, 0.717) is 0 Å². The van der Waals surface area contributed by atoms with Gasteiger partial charge in [-0.2, -0.15) is 0 Å². The normalized spacial score (nSPS) is 11.8. The van der Waals surface area contributed by atoms with Gasteiger partial charge in [-0.1, -0.05) is 78.9 Å². The molecule has 4 rings (SSSR count). The van der Waals surface area contributed by atoms with E-state index < -0.39 is 0 Å². The molecule has 0 aromatic heterocycles. The molecule has 1 unspecified atom stereocenters. The van der Waals surface area contributed by atoms with E-state index in [9.17, 15) is 0 Å². The van der Waals surface area contributed by atoms with Crippen LogP contribution in [0.3, 0.4) is 0 Å². The van der Waals surface area contributed by atoms with Crippen LogP contribution in [-0.4, -0.2) is 0 Å². The first kappa shape index (κ1) is 17.0. The summed E-state index contributed by atoms with van der Waals surface area (Å²) in [6.07, 6.45) is 0. The Morgan fingerprint density at radius 3 is 1.73 bits per heavy atom. The van der Waals surface area contributed by atoms with Crippen molar-refractivity contribution in [2.75, 3.05) is 0 Å². The van der Waals surface area contributed by atoms with Gasteiger partial charge in [0, 0.05) is 5.56 Å². The van der Waals surface area contributed by atoms with Gasteiger partial charge in [-0.3, -0.25) is 0 Å². The number of hydrogen-bond acceptors (Lipinski definition) is 1. The van der Waals surface area contributed by atoms with E-state index in [2.05, 4.69) is 115 Å². The van der Waals surface area contributed by atoms with Gasteiger partial charge >= 0.3 is 0 Å². The third-order valence-electron chi connectivity index (χ3n) is 4.05. The maximum atomic E-state index is 2.27. The Bertz CT molecular complexity index is 951. The molecule has 4 aromatic carbocycles. The van der Waals surface area contributed by atoms with E-state index in [1.165, 1.54) is 25.8 Å². The Kier molecular flexibility index (Phi) is 5.44. The topological polar surface area (TPSA) is 0 Å². The summed E-state index contributed by atoms with van der Waals surface area (Å²) in [5, 5.41) is 0. The lowest BCUT2D eigenvalue weighted by atomic mass is 10.1. The van der Waals surface area contributed by atoms with E-state index in [1.807, 2.05) is 10.8 Å². The summed E-state index contributed by atoms with van der Waals surface area (Å²) < 4.78 is 0. The van der Waals surface area contributed by atoms with Gasteiger partial charge in [0.05, 0.1) is 4.90 Å². The van der Waals surface area contributed by atoms with Crippen molar-refractivity contribution in [1.82, 2.24) is 0 Å². The van der Waals surface area contributed by atoms with Gasteiger partial charge in [-0.05, 0) is 42.0 Å². The predicted octanol–water partition coefficient (Wildman–Crippen LogP) is 7.10. The molecule has 0 saturated carbocycles. The summed E-state index contributed by atoms with van der Waals surface area (Å²) in [5.74, 6) is 0. The maximum Gasteiger partial charge on any atom is 0.182 e. The zero-order valence-electron chi connectivity index (χ0n) is 14.3. The molecule has 4 aromatic rings. The molecule has 0 N–H and O–H groups in total. The lowest BCUT2D eigenvalue weighted by molar-refractivity contribution is 1.39. The van der Waals surface area contributed by atoms with Gasteiger partial charge in [-0.25, -0.2) is 0 Å². The minimum Gasteiger partial charge on any atom is -0.0622 e. The number of rotatable bonds is 5. The highest BCUT2D eigenvalue weighted by atomic mass is 33.1. The Labute approximate surface area is 161 Å². The van der Waals surface area contributed by atoms with Crippen molar-refractivity contribution in [1.29, 1.82) is 0 Å². The standard InChI is InChI=1S/C24H19S2/c1-4-12-20(13-5-1)23-18-10-11-19-24(23)26(22-16-8-3-9-17-22)25-21-14-6-2-7-15-21/h1-19H/q+1. The van der Waals surface area contributed by atoms with Gasteiger partial charge in [0.2, 0.25) is 0 Å². The molecule has 2 heteroatoms. The Morgan fingerprint density at radius 2 is 1.04 bits per heavy atom. The third kappa shape index (κ3) is 3.87. The summed E-state index contributed by atoms with van der Waals surface area (Å²) in [6.45, 7) is 0. The third-order valence-corrected chi connectivity index (χ3v) is 8.33. The second-order valence-electron chi connectivity index (χ2n) is 5.84. The summed E-state index contributed by atoms with van der Waals surface area (Å²) in [4.78, 5) is 4.02.